The van der Waals surface area contributed by atoms with E-state index in [2.05, 4.69) is 5.32 Å². The molecule has 20 heavy (non-hydrogen) atoms. The highest BCUT2D eigenvalue weighted by molar-refractivity contribution is 5.76. The van der Waals surface area contributed by atoms with Crippen molar-refractivity contribution in [2.75, 3.05) is 12.8 Å². The average Bonchev–Trinajstić information content (AvgIpc) is 2.40. The zero-order chi connectivity index (χ0) is 15.3. The highest BCUT2D eigenvalue weighted by Crippen LogP contribution is 2.19. The predicted molar refractivity (Wildman–Crippen MR) is 72.9 cm³/mol. The van der Waals surface area contributed by atoms with E-state index in [1.165, 1.54) is 7.11 Å². The van der Waals surface area contributed by atoms with Gasteiger partial charge >= 0.3 is 5.97 Å². The smallest absolute Gasteiger partial charge is 0.323 e. The number of anilines is 1. The Hall–Kier alpha value is -1.69. The molecular formula is C14H20F2N2O2. The van der Waals surface area contributed by atoms with Crippen molar-refractivity contribution < 1.29 is 18.3 Å². The minimum absolute atomic E-state index is 0.0165. The quantitative estimate of drug-likeness (QED) is 0.622. The molecule has 0 aromatic heterocycles. The number of ether oxygens (including phenoxy) is 1. The number of benzene rings is 1. The Morgan fingerprint density at radius 3 is 2.60 bits per heavy atom. The summed E-state index contributed by atoms with van der Waals surface area (Å²) in [4.78, 5) is 11.7. The molecule has 0 radical (unpaired) electrons. The molecule has 0 aliphatic heterocycles. The molecule has 112 valence electrons. The fourth-order valence-corrected chi connectivity index (χ4v) is 1.90. The molecule has 0 spiro atoms. The second-order valence-electron chi connectivity index (χ2n) is 4.72. The standard InChI is InChI=1S/C14H20F2N2O2/c1-4-8(2)13(14(19)20-3)18-7-10-11(16)5-9(15)6-12(10)17/h5-6,8,13,18H,4,7,17H2,1-3H3. The molecule has 0 amide bonds. The van der Waals surface area contributed by atoms with Gasteiger partial charge in [-0.15, -0.1) is 0 Å². The highest BCUT2D eigenvalue weighted by atomic mass is 19.1. The third-order valence-electron chi connectivity index (χ3n) is 3.36. The number of hydrogen-bond donors (Lipinski definition) is 2. The molecule has 0 heterocycles. The van der Waals surface area contributed by atoms with Gasteiger partial charge in [0, 0.05) is 23.9 Å². The van der Waals surface area contributed by atoms with Crippen molar-refractivity contribution in [2.24, 2.45) is 5.92 Å². The van der Waals surface area contributed by atoms with Crippen LogP contribution in [0.25, 0.3) is 0 Å². The van der Waals surface area contributed by atoms with Crippen LogP contribution in [0.1, 0.15) is 25.8 Å². The van der Waals surface area contributed by atoms with Gasteiger partial charge in [0.15, 0.2) is 0 Å². The lowest BCUT2D eigenvalue weighted by atomic mass is 9.99. The van der Waals surface area contributed by atoms with E-state index in [1.807, 2.05) is 13.8 Å². The molecule has 0 bridgehead atoms. The van der Waals surface area contributed by atoms with E-state index < -0.39 is 23.6 Å². The van der Waals surface area contributed by atoms with Gasteiger partial charge in [0.1, 0.15) is 17.7 Å². The summed E-state index contributed by atoms with van der Waals surface area (Å²) in [6, 6.07) is 1.26. The number of carbonyl (C=O) groups excluding carboxylic acids is 1. The zero-order valence-electron chi connectivity index (χ0n) is 11.9. The lowest BCUT2D eigenvalue weighted by Gasteiger charge is -2.22. The first-order valence-electron chi connectivity index (χ1n) is 6.45. The second kappa shape index (κ2) is 7.19. The van der Waals surface area contributed by atoms with Crippen molar-refractivity contribution in [3.63, 3.8) is 0 Å². The summed E-state index contributed by atoms with van der Waals surface area (Å²) in [5.74, 6) is -1.86. The molecule has 2 atom stereocenters. The predicted octanol–water partition coefficient (Wildman–Crippen LogP) is 2.22. The summed E-state index contributed by atoms with van der Waals surface area (Å²) in [5, 5.41) is 2.92. The molecule has 1 rings (SSSR count). The van der Waals surface area contributed by atoms with Gasteiger partial charge in [0.25, 0.3) is 0 Å². The number of rotatable bonds is 6. The molecule has 3 N–H and O–H groups in total. The largest absolute Gasteiger partial charge is 0.468 e. The van der Waals surface area contributed by atoms with Gasteiger partial charge in [0.2, 0.25) is 0 Å². The maximum Gasteiger partial charge on any atom is 0.323 e. The number of esters is 1. The van der Waals surface area contributed by atoms with E-state index in [0.29, 0.717) is 0 Å². The Balaban J connectivity index is 2.85. The van der Waals surface area contributed by atoms with Crippen LogP contribution < -0.4 is 11.1 Å². The summed E-state index contributed by atoms with van der Waals surface area (Å²) in [6.45, 7) is 3.86. The zero-order valence-corrected chi connectivity index (χ0v) is 11.9. The monoisotopic (exact) mass is 286 g/mol. The van der Waals surface area contributed by atoms with Crippen molar-refractivity contribution >= 4 is 11.7 Å². The Labute approximate surface area is 117 Å². The van der Waals surface area contributed by atoms with E-state index in [9.17, 15) is 13.6 Å². The second-order valence-corrected chi connectivity index (χ2v) is 4.72. The van der Waals surface area contributed by atoms with Crippen LogP contribution in [0, 0.1) is 17.6 Å². The number of nitrogens with two attached hydrogens (primary N) is 1. The molecular weight excluding hydrogens is 266 g/mol. The van der Waals surface area contributed by atoms with E-state index in [4.69, 9.17) is 10.5 Å². The molecule has 0 aliphatic rings. The van der Waals surface area contributed by atoms with Gasteiger partial charge in [-0.25, -0.2) is 8.78 Å². The average molecular weight is 286 g/mol. The first-order chi connectivity index (χ1) is 9.40. The van der Waals surface area contributed by atoms with Crippen LogP contribution in [0.3, 0.4) is 0 Å². The maximum atomic E-state index is 13.7. The van der Waals surface area contributed by atoms with Crippen molar-refractivity contribution in [2.45, 2.75) is 32.9 Å². The fraction of sp³-hybridized carbons (Fsp3) is 0.500. The summed E-state index contributed by atoms with van der Waals surface area (Å²) in [6.07, 6.45) is 0.758. The molecule has 1 aromatic rings. The molecule has 6 heteroatoms. The molecule has 0 aliphatic carbocycles. The summed E-state index contributed by atoms with van der Waals surface area (Å²) in [7, 11) is 1.30. The number of nitrogen functional groups attached to an aromatic ring is 1. The fourth-order valence-electron chi connectivity index (χ4n) is 1.90. The normalized spacial score (nSPS) is 13.8. The van der Waals surface area contributed by atoms with Crippen LogP contribution in [-0.4, -0.2) is 19.1 Å². The first-order valence-corrected chi connectivity index (χ1v) is 6.45. The van der Waals surface area contributed by atoms with Gasteiger partial charge in [-0.2, -0.15) is 0 Å². The molecule has 0 fully saturated rings. The molecule has 4 nitrogen and oxygen atoms in total. The van der Waals surface area contributed by atoms with E-state index in [1.54, 1.807) is 0 Å². The van der Waals surface area contributed by atoms with E-state index in [-0.39, 0.29) is 23.7 Å². The molecule has 2 unspecified atom stereocenters. The minimum Gasteiger partial charge on any atom is -0.468 e. The SMILES string of the molecule is CCC(C)C(NCc1c(N)cc(F)cc1F)C(=O)OC. The van der Waals surface area contributed by atoms with Gasteiger partial charge in [-0.1, -0.05) is 20.3 Å². The number of methoxy groups -OCH3 is 1. The summed E-state index contributed by atoms with van der Waals surface area (Å²) < 4.78 is 31.3. The summed E-state index contributed by atoms with van der Waals surface area (Å²) in [5.41, 5.74) is 5.75. The number of halogens is 2. The summed E-state index contributed by atoms with van der Waals surface area (Å²) >= 11 is 0. The van der Waals surface area contributed by atoms with Crippen molar-refractivity contribution in [3.8, 4) is 0 Å². The van der Waals surface area contributed by atoms with Crippen molar-refractivity contribution in [1.29, 1.82) is 0 Å². The van der Waals surface area contributed by atoms with Gasteiger partial charge in [0.05, 0.1) is 7.11 Å². The first kappa shape index (κ1) is 16.4. The third kappa shape index (κ3) is 3.90. The Kier molecular flexibility index (Phi) is 5.88. The number of carbonyl (C=O) groups is 1. The maximum absolute atomic E-state index is 13.7. The number of hydrogen-bond acceptors (Lipinski definition) is 4. The van der Waals surface area contributed by atoms with Crippen molar-refractivity contribution in [3.05, 3.63) is 29.3 Å². The highest BCUT2D eigenvalue weighted by Gasteiger charge is 2.25. The molecule has 1 aromatic carbocycles. The lowest BCUT2D eigenvalue weighted by molar-refractivity contribution is -0.144. The van der Waals surface area contributed by atoms with Crippen LogP contribution >= 0.6 is 0 Å². The molecule has 0 saturated carbocycles. The van der Waals surface area contributed by atoms with E-state index in [0.717, 1.165) is 18.6 Å². The van der Waals surface area contributed by atoms with E-state index >= 15 is 0 Å². The topological polar surface area (TPSA) is 64.3 Å². The van der Waals surface area contributed by atoms with Crippen LogP contribution in [0.15, 0.2) is 12.1 Å². The Bertz CT molecular complexity index is 457. The number of nitrogens with one attached hydrogen (secondary N) is 1. The third-order valence-corrected chi connectivity index (χ3v) is 3.36. The lowest BCUT2D eigenvalue weighted by Crippen LogP contribution is -2.42. The van der Waals surface area contributed by atoms with Crippen LogP contribution in [0.2, 0.25) is 0 Å². The van der Waals surface area contributed by atoms with Gasteiger partial charge in [-0.05, 0) is 12.0 Å². The van der Waals surface area contributed by atoms with Gasteiger partial charge in [-0.3, -0.25) is 10.1 Å². The minimum atomic E-state index is -0.734. The van der Waals surface area contributed by atoms with Crippen LogP contribution in [-0.2, 0) is 16.1 Å². The van der Waals surface area contributed by atoms with Crippen LogP contribution in [0.4, 0.5) is 14.5 Å². The Morgan fingerprint density at radius 2 is 2.10 bits per heavy atom. The Morgan fingerprint density at radius 1 is 1.45 bits per heavy atom. The molecule has 0 saturated heterocycles. The van der Waals surface area contributed by atoms with Crippen LogP contribution in [0.5, 0.6) is 0 Å². The van der Waals surface area contributed by atoms with Crippen molar-refractivity contribution in [1.82, 2.24) is 5.32 Å². The van der Waals surface area contributed by atoms with Gasteiger partial charge < -0.3 is 10.5 Å².